The Morgan fingerprint density at radius 2 is 1.00 bits per heavy atom. The topological polar surface area (TPSA) is 9.23 Å². The van der Waals surface area contributed by atoms with Crippen LogP contribution in [0.5, 0.6) is 0 Å². The van der Waals surface area contributed by atoms with Crippen LogP contribution in [-0.2, 0) is 4.52 Å². The minimum atomic E-state index is -3.68. The Balaban J connectivity index is 1.73. The third kappa shape index (κ3) is 3.14. The monoisotopic (exact) mass is 528 g/mol. The van der Waals surface area contributed by atoms with Gasteiger partial charge < -0.3 is 0 Å². The van der Waals surface area contributed by atoms with E-state index in [2.05, 4.69) is 140 Å². The van der Waals surface area contributed by atoms with Crippen molar-refractivity contribution in [1.82, 2.24) is 0 Å². The first-order valence-corrected chi connectivity index (χ1v) is 15.4. The van der Waals surface area contributed by atoms with Crippen LogP contribution < -0.4 is 21.2 Å². The van der Waals surface area contributed by atoms with Crippen LogP contribution in [0.2, 0.25) is 5.02 Å². The zero-order valence-electron chi connectivity index (χ0n) is 20.7. The normalized spacial score (nSPS) is 18.3. The molecular formula is C35H26ClOP. The summed E-state index contributed by atoms with van der Waals surface area (Å²) in [6, 6.07) is 54.0. The van der Waals surface area contributed by atoms with Crippen LogP contribution >= 0.6 is 18.4 Å². The van der Waals surface area contributed by atoms with Gasteiger partial charge in [-0.3, -0.25) is 0 Å². The Kier molecular flexibility index (Phi) is 5.49. The van der Waals surface area contributed by atoms with E-state index < -0.39 is 6.83 Å². The first kappa shape index (κ1) is 23.4. The van der Waals surface area contributed by atoms with Gasteiger partial charge in [0.1, 0.15) is 0 Å². The molecule has 0 bridgehead atoms. The summed E-state index contributed by atoms with van der Waals surface area (Å²) >= 11 is 6.35. The number of benzene rings is 6. The molecule has 0 saturated carbocycles. The molecule has 0 fully saturated rings. The van der Waals surface area contributed by atoms with E-state index in [9.17, 15) is 0 Å². The SMILES string of the molecule is Clc1ccc([C@@H]2OP(c3ccccc3)(c3ccccc3)(c3ccccc3)c3ccc4ccccc4c32)cc1. The van der Waals surface area contributed by atoms with Crippen molar-refractivity contribution in [2.45, 2.75) is 6.10 Å². The average molecular weight is 529 g/mol. The molecule has 6 aromatic carbocycles. The van der Waals surface area contributed by atoms with Crippen LogP contribution in [0.25, 0.3) is 10.8 Å². The van der Waals surface area contributed by atoms with Gasteiger partial charge in [-0.2, -0.15) is 0 Å². The summed E-state index contributed by atoms with van der Waals surface area (Å²) in [6.45, 7) is -3.68. The number of hydrogen-bond donors (Lipinski definition) is 0. The number of halogens is 1. The number of rotatable bonds is 4. The Hall–Kier alpha value is -3.74. The van der Waals surface area contributed by atoms with E-state index in [4.69, 9.17) is 16.1 Å². The summed E-state index contributed by atoms with van der Waals surface area (Å²) in [5, 5.41) is 8.01. The molecule has 0 unspecified atom stereocenters. The fraction of sp³-hybridized carbons (Fsp3) is 0.0286. The summed E-state index contributed by atoms with van der Waals surface area (Å²) in [5.74, 6) is 0. The second-order valence-electron chi connectivity index (χ2n) is 9.80. The standard InChI is InChI=1S/C35H26ClOP/c36-28-23-20-27(21-24-28)35-34-32-19-11-10-12-26(32)22-25-33(34)38(37-35,29-13-4-1-5-14-29,30-15-6-2-7-16-30)31-17-8-3-9-18-31/h1-25,35H/t35-/m0/s1. The van der Waals surface area contributed by atoms with Gasteiger partial charge in [-0.05, 0) is 0 Å². The molecule has 0 aliphatic carbocycles. The number of fused-ring (bicyclic) bond motifs is 3. The summed E-state index contributed by atoms with van der Waals surface area (Å²) < 4.78 is 7.89. The van der Waals surface area contributed by atoms with E-state index in [0.717, 1.165) is 10.6 Å². The van der Waals surface area contributed by atoms with Crippen molar-refractivity contribution < 1.29 is 4.52 Å². The Morgan fingerprint density at radius 1 is 0.500 bits per heavy atom. The maximum atomic E-state index is 7.89. The third-order valence-electron chi connectivity index (χ3n) is 7.91. The molecule has 0 N–H and O–H groups in total. The molecule has 38 heavy (non-hydrogen) atoms. The second kappa shape index (κ2) is 8.93. The van der Waals surface area contributed by atoms with Gasteiger partial charge in [0.25, 0.3) is 0 Å². The number of hydrogen-bond acceptors (Lipinski definition) is 1. The Morgan fingerprint density at radius 3 is 1.55 bits per heavy atom. The summed E-state index contributed by atoms with van der Waals surface area (Å²) in [7, 11) is 0. The van der Waals surface area contributed by atoms with E-state index in [1.165, 1.54) is 37.6 Å². The van der Waals surface area contributed by atoms with Crippen LogP contribution in [0.4, 0.5) is 0 Å². The van der Waals surface area contributed by atoms with E-state index >= 15 is 0 Å². The van der Waals surface area contributed by atoms with Gasteiger partial charge in [-0.25, -0.2) is 0 Å². The molecule has 0 saturated heterocycles. The van der Waals surface area contributed by atoms with Crippen molar-refractivity contribution in [3.05, 3.63) is 168 Å². The van der Waals surface area contributed by atoms with Gasteiger partial charge in [0.05, 0.1) is 0 Å². The van der Waals surface area contributed by atoms with Gasteiger partial charge in [0, 0.05) is 0 Å². The van der Waals surface area contributed by atoms with Crippen LogP contribution in [0, 0.1) is 0 Å². The van der Waals surface area contributed by atoms with Crippen molar-refractivity contribution in [2.24, 2.45) is 0 Å². The zero-order chi connectivity index (χ0) is 25.6. The molecule has 1 aliphatic rings. The molecule has 7 rings (SSSR count). The molecule has 0 aromatic heterocycles. The quantitative estimate of drug-likeness (QED) is 0.213. The van der Waals surface area contributed by atoms with E-state index in [-0.39, 0.29) is 6.10 Å². The molecule has 6 aromatic rings. The van der Waals surface area contributed by atoms with Crippen LogP contribution in [0.3, 0.4) is 0 Å². The molecular weight excluding hydrogens is 503 g/mol. The Labute approximate surface area is 228 Å². The van der Waals surface area contributed by atoms with Crippen molar-refractivity contribution >= 4 is 50.4 Å². The van der Waals surface area contributed by atoms with Gasteiger partial charge in [-0.1, -0.05) is 0 Å². The van der Waals surface area contributed by atoms with E-state index in [0.29, 0.717) is 0 Å². The van der Waals surface area contributed by atoms with E-state index in [1.807, 2.05) is 12.1 Å². The predicted octanol–water partition coefficient (Wildman–Crippen LogP) is 7.68. The van der Waals surface area contributed by atoms with Gasteiger partial charge in [0.15, 0.2) is 0 Å². The summed E-state index contributed by atoms with van der Waals surface area (Å²) in [5.41, 5.74) is 2.33. The van der Waals surface area contributed by atoms with Crippen LogP contribution in [-0.4, -0.2) is 0 Å². The fourth-order valence-electron chi connectivity index (χ4n) is 6.30. The van der Waals surface area contributed by atoms with Crippen molar-refractivity contribution in [1.29, 1.82) is 0 Å². The molecule has 1 nitrogen and oxygen atoms in total. The maximum absolute atomic E-state index is 7.89. The van der Waals surface area contributed by atoms with Crippen LogP contribution in [0.1, 0.15) is 17.2 Å². The first-order valence-electron chi connectivity index (χ1n) is 12.9. The first-order chi connectivity index (χ1) is 18.7. The molecule has 1 heterocycles. The van der Waals surface area contributed by atoms with E-state index in [1.54, 1.807) is 0 Å². The molecule has 3 heteroatoms. The molecule has 1 atom stereocenters. The van der Waals surface area contributed by atoms with Crippen LogP contribution in [0.15, 0.2) is 152 Å². The zero-order valence-corrected chi connectivity index (χ0v) is 22.4. The van der Waals surface area contributed by atoms with Crippen molar-refractivity contribution in [3.8, 4) is 0 Å². The van der Waals surface area contributed by atoms with Gasteiger partial charge >= 0.3 is 229 Å². The van der Waals surface area contributed by atoms with Crippen molar-refractivity contribution in [2.75, 3.05) is 0 Å². The van der Waals surface area contributed by atoms with Gasteiger partial charge in [0.2, 0.25) is 0 Å². The molecule has 0 radical (unpaired) electrons. The molecule has 0 amide bonds. The molecule has 1 aliphatic heterocycles. The van der Waals surface area contributed by atoms with Gasteiger partial charge in [-0.15, -0.1) is 0 Å². The summed E-state index contributed by atoms with van der Waals surface area (Å²) in [6.07, 6.45) is -0.272. The Bertz CT molecular complexity index is 1650. The summed E-state index contributed by atoms with van der Waals surface area (Å²) in [4.78, 5) is 0. The predicted molar refractivity (Wildman–Crippen MR) is 163 cm³/mol. The fourth-order valence-corrected chi connectivity index (χ4v) is 12.6. The minimum absolute atomic E-state index is 0.272. The molecule has 0 spiro atoms. The average Bonchev–Trinajstić information content (AvgIpc) is 3.33. The third-order valence-corrected chi connectivity index (χ3v) is 13.9. The second-order valence-corrected chi connectivity index (χ2v) is 14.5. The molecule has 184 valence electrons. The van der Waals surface area contributed by atoms with Crippen molar-refractivity contribution in [3.63, 3.8) is 0 Å².